The smallest absolute Gasteiger partial charge is 0.267 e. The maximum Gasteiger partial charge on any atom is 0.267 e. The second-order valence-electron chi connectivity index (χ2n) is 4.33. The number of alkyl halides is 1. The first-order chi connectivity index (χ1) is 9.60. The van der Waals surface area contributed by atoms with Crippen LogP contribution >= 0.6 is 11.6 Å². The lowest BCUT2D eigenvalue weighted by Gasteiger charge is -2.05. The average Bonchev–Trinajstić information content (AvgIpc) is 2.43. The molecule has 0 atom stereocenters. The normalized spacial score (nSPS) is 10.3. The van der Waals surface area contributed by atoms with Crippen molar-refractivity contribution in [2.45, 2.75) is 13.3 Å². The molecule has 20 heavy (non-hydrogen) atoms. The molecule has 0 aliphatic heterocycles. The van der Waals surface area contributed by atoms with Gasteiger partial charge in [-0.05, 0) is 25.1 Å². The van der Waals surface area contributed by atoms with Crippen LogP contribution in [0.25, 0.3) is 11.3 Å². The maximum absolute atomic E-state index is 11.4. The highest BCUT2D eigenvalue weighted by Gasteiger charge is 2.04. The van der Waals surface area contributed by atoms with Crippen LogP contribution in [0.15, 0.2) is 35.1 Å². The number of aryl methyl sites for hydroxylation is 1. The van der Waals surface area contributed by atoms with Crippen LogP contribution < -0.4 is 10.9 Å². The van der Waals surface area contributed by atoms with Crippen molar-refractivity contribution in [1.29, 1.82) is 0 Å². The summed E-state index contributed by atoms with van der Waals surface area (Å²) in [6.45, 7) is 1.73. The molecule has 1 aromatic heterocycles. The molecule has 0 saturated carbocycles. The standard InChI is InChI=1S/C14H14ClN3O2/c1-9-8-12(17-18-14(9)20)10-2-4-11(5-3-10)16-13(19)6-7-15/h2-5,8H,6-7H2,1H3,(H,16,19)(H,18,20). The number of nitrogens with one attached hydrogen (secondary N) is 2. The molecule has 0 aliphatic carbocycles. The van der Waals surface area contributed by atoms with Gasteiger partial charge in [0.05, 0.1) is 5.69 Å². The number of aromatic amines is 1. The highest BCUT2D eigenvalue weighted by molar-refractivity contribution is 6.19. The number of benzene rings is 1. The molecule has 0 spiro atoms. The predicted octanol–water partition coefficient (Wildman–Crippen LogP) is 2.31. The quantitative estimate of drug-likeness (QED) is 0.849. The van der Waals surface area contributed by atoms with Gasteiger partial charge in [-0.2, -0.15) is 5.10 Å². The lowest BCUT2D eigenvalue weighted by Crippen LogP contribution is -2.12. The molecular weight excluding hydrogens is 278 g/mol. The molecule has 6 heteroatoms. The number of nitrogens with zero attached hydrogens (tertiary/aromatic N) is 1. The Balaban J connectivity index is 2.17. The fraction of sp³-hybridized carbons (Fsp3) is 0.214. The number of carbonyl (C=O) groups excluding carboxylic acids is 1. The van der Waals surface area contributed by atoms with Gasteiger partial charge in [0.1, 0.15) is 0 Å². The summed E-state index contributed by atoms with van der Waals surface area (Å²) in [6, 6.07) is 8.94. The molecule has 1 heterocycles. The second-order valence-corrected chi connectivity index (χ2v) is 4.71. The highest BCUT2D eigenvalue weighted by Crippen LogP contribution is 2.19. The van der Waals surface area contributed by atoms with Gasteiger partial charge >= 0.3 is 0 Å². The second kappa shape index (κ2) is 6.34. The van der Waals surface area contributed by atoms with Gasteiger partial charge in [0, 0.05) is 29.1 Å². The summed E-state index contributed by atoms with van der Waals surface area (Å²) in [5.41, 5.74) is 2.65. The first-order valence-electron chi connectivity index (χ1n) is 6.12. The van der Waals surface area contributed by atoms with Crippen LogP contribution in [0.4, 0.5) is 5.69 Å². The fourth-order valence-corrected chi connectivity index (χ4v) is 1.86. The van der Waals surface area contributed by atoms with Gasteiger partial charge in [0.25, 0.3) is 5.56 Å². The van der Waals surface area contributed by atoms with Crippen LogP contribution in [-0.4, -0.2) is 22.0 Å². The van der Waals surface area contributed by atoms with Crippen LogP contribution in [0.5, 0.6) is 0 Å². The minimum Gasteiger partial charge on any atom is -0.326 e. The minimum atomic E-state index is -0.196. The first-order valence-corrected chi connectivity index (χ1v) is 6.66. The van der Waals surface area contributed by atoms with Gasteiger partial charge in [-0.15, -0.1) is 11.6 Å². The Morgan fingerprint density at radius 3 is 2.65 bits per heavy atom. The first kappa shape index (κ1) is 14.3. The third-order valence-electron chi connectivity index (χ3n) is 2.78. The molecule has 0 bridgehead atoms. The number of hydrogen-bond acceptors (Lipinski definition) is 3. The number of amides is 1. The van der Waals surface area contributed by atoms with Crippen molar-refractivity contribution in [2.75, 3.05) is 11.2 Å². The van der Waals surface area contributed by atoms with E-state index in [9.17, 15) is 9.59 Å². The molecule has 0 aliphatic rings. The topological polar surface area (TPSA) is 74.8 Å². The van der Waals surface area contributed by atoms with E-state index in [2.05, 4.69) is 15.5 Å². The van der Waals surface area contributed by atoms with E-state index < -0.39 is 0 Å². The monoisotopic (exact) mass is 291 g/mol. The Morgan fingerprint density at radius 2 is 2.05 bits per heavy atom. The Labute approximate surface area is 121 Å². The van der Waals surface area contributed by atoms with E-state index in [0.29, 0.717) is 22.8 Å². The summed E-state index contributed by atoms with van der Waals surface area (Å²) >= 11 is 5.50. The Bertz CT molecular complexity index is 665. The minimum absolute atomic E-state index is 0.120. The van der Waals surface area contributed by atoms with E-state index in [4.69, 9.17) is 11.6 Å². The van der Waals surface area contributed by atoms with E-state index in [1.165, 1.54) is 0 Å². The van der Waals surface area contributed by atoms with Crippen LogP contribution in [0.2, 0.25) is 0 Å². The fourth-order valence-electron chi connectivity index (χ4n) is 1.68. The average molecular weight is 292 g/mol. The summed E-state index contributed by atoms with van der Waals surface area (Å²) in [6.07, 6.45) is 0.282. The molecule has 0 unspecified atom stereocenters. The zero-order valence-corrected chi connectivity index (χ0v) is 11.7. The Hall–Kier alpha value is -2.14. The lowest BCUT2D eigenvalue weighted by molar-refractivity contribution is -0.115. The van der Waals surface area contributed by atoms with E-state index in [-0.39, 0.29) is 17.9 Å². The zero-order chi connectivity index (χ0) is 14.5. The van der Waals surface area contributed by atoms with Gasteiger partial charge in [0.15, 0.2) is 0 Å². The van der Waals surface area contributed by atoms with E-state index in [0.717, 1.165) is 5.56 Å². The number of carbonyl (C=O) groups is 1. The van der Waals surface area contributed by atoms with Gasteiger partial charge < -0.3 is 5.32 Å². The molecular formula is C14H14ClN3O2. The van der Waals surface area contributed by atoms with Gasteiger partial charge in [-0.3, -0.25) is 9.59 Å². The summed E-state index contributed by atoms with van der Waals surface area (Å²) in [5, 5.41) is 9.17. The van der Waals surface area contributed by atoms with Crippen molar-refractivity contribution >= 4 is 23.2 Å². The molecule has 0 fully saturated rings. The van der Waals surface area contributed by atoms with E-state index in [1.807, 2.05) is 12.1 Å². The Morgan fingerprint density at radius 1 is 1.35 bits per heavy atom. The van der Waals surface area contributed by atoms with Crippen LogP contribution in [0.1, 0.15) is 12.0 Å². The van der Waals surface area contributed by atoms with Gasteiger partial charge in [-0.25, -0.2) is 5.10 Å². The predicted molar refractivity (Wildman–Crippen MR) is 79.0 cm³/mol. The zero-order valence-electron chi connectivity index (χ0n) is 10.9. The highest BCUT2D eigenvalue weighted by atomic mass is 35.5. The number of halogens is 1. The van der Waals surface area contributed by atoms with Crippen molar-refractivity contribution in [2.24, 2.45) is 0 Å². The summed E-state index contributed by atoms with van der Waals surface area (Å²) in [5.74, 6) is 0.176. The Kier molecular flexibility index (Phi) is 4.53. The molecule has 1 amide bonds. The summed E-state index contributed by atoms with van der Waals surface area (Å²) < 4.78 is 0. The molecule has 0 radical (unpaired) electrons. The maximum atomic E-state index is 11.4. The number of rotatable bonds is 4. The molecule has 2 N–H and O–H groups in total. The number of hydrogen-bond donors (Lipinski definition) is 2. The number of H-pyrrole nitrogens is 1. The largest absolute Gasteiger partial charge is 0.326 e. The third-order valence-corrected chi connectivity index (χ3v) is 2.96. The van der Waals surface area contributed by atoms with Gasteiger partial charge in [0.2, 0.25) is 5.91 Å². The van der Waals surface area contributed by atoms with Crippen molar-refractivity contribution in [1.82, 2.24) is 10.2 Å². The van der Waals surface area contributed by atoms with Crippen molar-refractivity contribution in [3.8, 4) is 11.3 Å². The van der Waals surface area contributed by atoms with Gasteiger partial charge in [-0.1, -0.05) is 12.1 Å². The SMILES string of the molecule is Cc1cc(-c2ccc(NC(=O)CCCl)cc2)n[nH]c1=O. The molecule has 0 saturated heterocycles. The molecule has 2 aromatic rings. The van der Waals surface area contributed by atoms with E-state index in [1.54, 1.807) is 25.1 Å². The third kappa shape index (κ3) is 3.45. The summed E-state index contributed by atoms with van der Waals surface area (Å²) in [7, 11) is 0. The van der Waals surface area contributed by atoms with Crippen molar-refractivity contribution < 1.29 is 4.79 Å². The van der Waals surface area contributed by atoms with Crippen LogP contribution in [0.3, 0.4) is 0 Å². The van der Waals surface area contributed by atoms with Crippen LogP contribution in [0, 0.1) is 6.92 Å². The summed E-state index contributed by atoms with van der Waals surface area (Å²) in [4.78, 5) is 22.7. The number of aromatic nitrogens is 2. The molecule has 1 aromatic carbocycles. The molecule has 104 valence electrons. The van der Waals surface area contributed by atoms with E-state index >= 15 is 0 Å². The van der Waals surface area contributed by atoms with Crippen LogP contribution in [-0.2, 0) is 4.79 Å². The number of anilines is 1. The molecule has 2 rings (SSSR count). The van der Waals surface area contributed by atoms with Crippen molar-refractivity contribution in [3.05, 3.63) is 46.2 Å². The molecule has 5 nitrogen and oxygen atoms in total. The van der Waals surface area contributed by atoms with Crippen molar-refractivity contribution in [3.63, 3.8) is 0 Å². The lowest BCUT2D eigenvalue weighted by atomic mass is 10.1.